The molecule has 0 unspecified atom stereocenters. The first-order chi connectivity index (χ1) is 10.1. The summed E-state index contributed by atoms with van der Waals surface area (Å²) in [5, 5.41) is 2.77. The number of hydrogen-bond acceptors (Lipinski definition) is 4. The van der Waals surface area contributed by atoms with Crippen molar-refractivity contribution in [3.05, 3.63) is 47.9 Å². The average Bonchev–Trinajstić information content (AvgIpc) is 2.96. The molecule has 0 spiro atoms. The van der Waals surface area contributed by atoms with E-state index in [4.69, 9.17) is 14.9 Å². The van der Waals surface area contributed by atoms with Crippen LogP contribution in [0.15, 0.2) is 41.0 Å². The summed E-state index contributed by atoms with van der Waals surface area (Å²) in [6.07, 6.45) is 1.57. The highest BCUT2D eigenvalue weighted by atomic mass is 16.5. The van der Waals surface area contributed by atoms with Gasteiger partial charge in [0.05, 0.1) is 25.1 Å². The molecule has 1 aromatic heterocycles. The Kier molecular flexibility index (Phi) is 4.87. The van der Waals surface area contributed by atoms with E-state index in [0.717, 1.165) is 0 Å². The Labute approximate surface area is 124 Å². The average molecular weight is 288 g/mol. The summed E-state index contributed by atoms with van der Waals surface area (Å²) < 4.78 is 10.7. The van der Waals surface area contributed by atoms with Crippen LogP contribution in [0.4, 0.5) is 5.69 Å². The molecule has 112 valence electrons. The van der Waals surface area contributed by atoms with Crippen molar-refractivity contribution < 1.29 is 13.9 Å². The molecule has 2 aromatic rings. The third-order valence-corrected chi connectivity index (χ3v) is 2.85. The van der Waals surface area contributed by atoms with Crippen molar-refractivity contribution in [2.24, 2.45) is 5.92 Å². The molecule has 0 fully saturated rings. The van der Waals surface area contributed by atoms with Gasteiger partial charge in [-0.1, -0.05) is 13.8 Å². The molecule has 5 nitrogen and oxygen atoms in total. The smallest absolute Gasteiger partial charge is 0.251 e. The van der Waals surface area contributed by atoms with Gasteiger partial charge in [0.1, 0.15) is 11.5 Å². The summed E-state index contributed by atoms with van der Waals surface area (Å²) in [5.74, 6) is 1.52. The van der Waals surface area contributed by atoms with Crippen molar-refractivity contribution in [2.45, 2.75) is 20.4 Å². The van der Waals surface area contributed by atoms with Gasteiger partial charge >= 0.3 is 0 Å². The zero-order chi connectivity index (χ0) is 15.2. The predicted octanol–water partition coefficient (Wildman–Crippen LogP) is 2.83. The number of carbonyl (C=O) groups excluding carboxylic acids is 1. The van der Waals surface area contributed by atoms with E-state index in [-0.39, 0.29) is 5.91 Å². The van der Waals surface area contributed by atoms with Crippen molar-refractivity contribution in [1.82, 2.24) is 5.32 Å². The molecule has 1 heterocycles. The van der Waals surface area contributed by atoms with E-state index in [1.54, 1.807) is 36.6 Å². The van der Waals surface area contributed by atoms with Crippen LogP contribution in [0.5, 0.6) is 5.75 Å². The molecule has 0 aliphatic heterocycles. The summed E-state index contributed by atoms with van der Waals surface area (Å²) in [5.41, 5.74) is 6.87. The molecule has 21 heavy (non-hydrogen) atoms. The Hall–Kier alpha value is -2.43. The number of amides is 1. The zero-order valence-electron chi connectivity index (χ0n) is 12.3. The number of hydrogen-bond donors (Lipinski definition) is 2. The minimum Gasteiger partial charge on any atom is -0.491 e. The van der Waals surface area contributed by atoms with E-state index in [2.05, 4.69) is 19.2 Å². The van der Waals surface area contributed by atoms with Crippen molar-refractivity contribution in [3.8, 4) is 5.75 Å². The second kappa shape index (κ2) is 6.83. The summed E-state index contributed by atoms with van der Waals surface area (Å²) >= 11 is 0. The van der Waals surface area contributed by atoms with Crippen LogP contribution in [0.3, 0.4) is 0 Å². The first-order valence-electron chi connectivity index (χ1n) is 6.89. The molecule has 0 aliphatic rings. The summed E-state index contributed by atoms with van der Waals surface area (Å²) in [6, 6.07) is 8.62. The van der Waals surface area contributed by atoms with Gasteiger partial charge in [0.2, 0.25) is 0 Å². The van der Waals surface area contributed by atoms with Crippen LogP contribution < -0.4 is 15.8 Å². The van der Waals surface area contributed by atoms with Crippen LogP contribution >= 0.6 is 0 Å². The number of carbonyl (C=O) groups is 1. The van der Waals surface area contributed by atoms with Gasteiger partial charge in [-0.05, 0) is 36.2 Å². The van der Waals surface area contributed by atoms with Crippen LogP contribution in [-0.4, -0.2) is 12.5 Å². The Balaban J connectivity index is 1.96. The van der Waals surface area contributed by atoms with Gasteiger partial charge in [-0.2, -0.15) is 0 Å². The van der Waals surface area contributed by atoms with E-state index >= 15 is 0 Å². The molecule has 0 aliphatic carbocycles. The van der Waals surface area contributed by atoms with E-state index in [1.807, 2.05) is 0 Å². The lowest BCUT2D eigenvalue weighted by Gasteiger charge is -2.12. The van der Waals surface area contributed by atoms with Gasteiger partial charge in [-0.25, -0.2) is 0 Å². The number of nitrogens with one attached hydrogen (secondary N) is 1. The SMILES string of the molecule is CC(C)COc1ccc(C(=O)NCc2ccco2)cc1N. The lowest BCUT2D eigenvalue weighted by molar-refractivity contribution is 0.0948. The van der Waals surface area contributed by atoms with Gasteiger partial charge in [0, 0.05) is 5.56 Å². The standard InChI is InChI=1S/C16H20N2O3/c1-11(2)10-21-15-6-5-12(8-14(15)17)16(19)18-9-13-4-3-7-20-13/h3-8,11H,9-10,17H2,1-2H3,(H,18,19). The van der Waals surface area contributed by atoms with Gasteiger partial charge in [0.25, 0.3) is 5.91 Å². The second-order valence-corrected chi connectivity index (χ2v) is 5.22. The molecule has 1 aromatic carbocycles. The Morgan fingerprint density at radius 2 is 2.19 bits per heavy atom. The maximum atomic E-state index is 12.0. The van der Waals surface area contributed by atoms with Crippen molar-refractivity contribution in [2.75, 3.05) is 12.3 Å². The first kappa shape index (κ1) is 15.0. The fourth-order valence-electron chi connectivity index (χ4n) is 1.76. The Morgan fingerprint density at radius 1 is 1.38 bits per heavy atom. The third-order valence-electron chi connectivity index (χ3n) is 2.85. The fourth-order valence-corrected chi connectivity index (χ4v) is 1.76. The summed E-state index contributed by atoms with van der Waals surface area (Å²) in [6.45, 7) is 5.06. The van der Waals surface area contributed by atoms with E-state index < -0.39 is 0 Å². The summed E-state index contributed by atoms with van der Waals surface area (Å²) in [7, 11) is 0. The first-order valence-corrected chi connectivity index (χ1v) is 6.89. The third kappa shape index (κ3) is 4.27. The Morgan fingerprint density at radius 3 is 2.81 bits per heavy atom. The maximum Gasteiger partial charge on any atom is 0.251 e. The topological polar surface area (TPSA) is 77.5 Å². The molecule has 0 saturated heterocycles. The monoisotopic (exact) mass is 288 g/mol. The number of benzene rings is 1. The molecular weight excluding hydrogens is 268 g/mol. The number of rotatable bonds is 6. The number of furan rings is 1. The minimum atomic E-state index is -0.200. The van der Waals surface area contributed by atoms with Crippen LogP contribution in [0, 0.1) is 5.92 Å². The number of anilines is 1. The molecule has 0 radical (unpaired) electrons. The highest BCUT2D eigenvalue weighted by Crippen LogP contribution is 2.23. The lowest BCUT2D eigenvalue weighted by atomic mass is 10.1. The van der Waals surface area contributed by atoms with Gasteiger partial charge in [0.15, 0.2) is 0 Å². The lowest BCUT2D eigenvalue weighted by Crippen LogP contribution is -2.22. The number of nitrogens with two attached hydrogens (primary N) is 1. The Bertz CT molecular complexity index is 592. The second-order valence-electron chi connectivity index (χ2n) is 5.22. The zero-order valence-corrected chi connectivity index (χ0v) is 12.3. The fraction of sp³-hybridized carbons (Fsp3) is 0.312. The molecule has 0 atom stereocenters. The maximum absolute atomic E-state index is 12.0. The predicted molar refractivity (Wildman–Crippen MR) is 81.1 cm³/mol. The van der Waals surface area contributed by atoms with Crippen molar-refractivity contribution in [3.63, 3.8) is 0 Å². The molecule has 3 N–H and O–H groups in total. The molecule has 0 bridgehead atoms. The van der Waals surface area contributed by atoms with Crippen LogP contribution in [0.2, 0.25) is 0 Å². The largest absolute Gasteiger partial charge is 0.491 e. The molecule has 0 saturated carbocycles. The van der Waals surface area contributed by atoms with Gasteiger partial charge in [-0.15, -0.1) is 0 Å². The number of nitrogen functional groups attached to an aromatic ring is 1. The van der Waals surface area contributed by atoms with Crippen molar-refractivity contribution in [1.29, 1.82) is 0 Å². The molecule has 2 rings (SSSR count). The molecule has 1 amide bonds. The van der Waals surface area contributed by atoms with E-state index in [9.17, 15) is 4.79 Å². The minimum absolute atomic E-state index is 0.200. The van der Waals surface area contributed by atoms with Crippen molar-refractivity contribution >= 4 is 11.6 Å². The highest BCUT2D eigenvalue weighted by molar-refractivity contribution is 5.95. The van der Waals surface area contributed by atoms with Crippen LogP contribution in [0.25, 0.3) is 0 Å². The van der Waals surface area contributed by atoms with Gasteiger partial charge in [-0.3, -0.25) is 4.79 Å². The van der Waals surface area contributed by atoms with Crippen LogP contribution in [0.1, 0.15) is 30.0 Å². The van der Waals surface area contributed by atoms with Crippen LogP contribution in [-0.2, 0) is 6.54 Å². The van der Waals surface area contributed by atoms with E-state index in [0.29, 0.717) is 41.8 Å². The molecule has 5 heteroatoms. The number of ether oxygens (including phenoxy) is 1. The highest BCUT2D eigenvalue weighted by Gasteiger charge is 2.09. The van der Waals surface area contributed by atoms with Gasteiger partial charge < -0.3 is 20.2 Å². The summed E-state index contributed by atoms with van der Waals surface area (Å²) in [4.78, 5) is 12.0. The quantitative estimate of drug-likeness (QED) is 0.801. The normalized spacial score (nSPS) is 10.6. The van der Waals surface area contributed by atoms with E-state index in [1.165, 1.54) is 0 Å². The molecular formula is C16H20N2O3.